The summed E-state index contributed by atoms with van der Waals surface area (Å²) < 4.78 is 25.1. The first-order valence-electron chi connectivity index (χ1n) is 3.89. The normalized spacial score (nSPS) is 11.9. The molecule has 0 spiro atoms. The molecule has 4 nitrogen and oxygen atoms in total. The standard InChI is InChI=1S/C8H7BrFN3OS/c1-15(14)8-5(4-12-13-11)2-3-6(9)7(8)10/h2-3H,4H2,1H3. The maximum atomic E-state index is 13.6. The highest BCUT2D eigenvalue weighted by atomic mass is 79.9. The fourth-order valence-electron chi connectivity index (χ4n) is 1.12. The largest absolute Gasteiger partial charge is 0.255 e. The van der Waals surface area contributed by atoms with E-state index in [9.17, 15) is 8.60 Å². The average Bonchev–Trinajstić information content (AvgIpc) is 2.19. The number of hydrogen-bond acceptors (Lipinski definition) is 2. The number of rotatable bonds is 3. The molecule has 80 valence electrons. The summed E-state index contributed by atoms with van der Waals surface area (Å²) in [5, 5.41) is 3.32. The van der Waals surface area contributed by atoms with Crippen molar-refractivity contribution in [2.75, 3.05) is 6.26 Å². The second kappa shape index (κ2) is 5.25. The number of halogens is 2. The second-order valence-corrected chi connectivity index (χ2v) is 4.86. The summed E-state index contributed by atoms with van der Waals surface area (Å²) in [7, 11) is -1.45. The van der Waals surface area contributed by atoms with E-state index in [2.05, 4.69) is 26.0 Å². The first-order chi connectivity index (χ1) is 7.07. The van der Waals surface area contributed by atoms with Crippen molar-refractivity contribution in [3.8, 4) is 0 Å². The van der Waals surface area contributed by atoms with E-state index in [1.807, 2.05) is 0 Å². The van der Waals surface area contributed by atoms with Crippen LogP contribution in [0.2, 0.25) is 0 Å². The number of hydrogen-bond donors (Lipinski definition) is 0. The Bertz CT molecular complexity index is 459. The summed E-state index contributed by atoms with van der Waals surface area (Å²) in [6.07, 6.45) is 1.38. The van der Waals surface area contributed by atoms with Gasteiger partial charge in [0.2, 0.25) is 0 Å². The van der Waals surface area contributed by atoms with Gasteiger partial charge in [0, 0.05) is 11.2 Å². The van der Waals surface area contributed by atoms with Gasteiger partial charge in [-0.1, -0.05) is 11.2 Å². The third kappa shape index (κ3) is 2.77. The lowest BCUT2D eigenvalue weighted by atomic mass is 10.2. The summed E-state index contributed by atoms with van der Waals surface area (Å²) in [5.41, 5.74) is 8.60. The molecule has 7 heteroatoms. The van der Waals surface area contributed by atoms with Crippen molar-refractivity contribution < 1.29 is 8.60 Å². The van der Waals surface area contributed by atoms with Gasteiger partial charge in [0.05, 0.1) is 26.7 Å². The fourth-order valence-corrected chi connectivity index (χ4v) is 2.44. The highest BCUT2D eigenvalue weighted by Crippen LogP contribution is 2.25. The molecule has 0 heterocycles. The minimum Gasteiger partial charge on any atom is -0.255 e. The molecule has 1 atom stereocenters. The summed E-state index contributed by atoms with van der Waals surface area (Å²) >= 11 is 3.00. The molecule has 0 aliphatic rings. The van der Waals surface area contributed by atoms with E-state index in [1.54, 1.807) is 6.07 Å². The number of nitrogens with zero attached hydrogens (tertiary/aromatic N) is 3. The zero-order valence-electron chi connectivity index (χ0n) is 7.78. The molecule has 1 unspecified atom stereocenters. The van der Waals surface area contributed by atoms with Gasteiger partial charge >= 0.3 is 0 Å². The van der Waals surface area contributed by atoms with Crippen LogP contribution in [0.25, 0.3) is 10.4 Å². The summed E-state index contributed by atoms with van der Waals surface area (Å²) in [6.45, 7) is -0.00435. The smallest absolute Gasteiger partial charge is 0.153 e. The lowest BCUT2D eigenvalue weighted by Gasteiger charge is -2.06. The molecule has 0 bridgehead atoms. The predicted octanol–water partition coefficient (Wildman–Crippen LogP) is 3.14. The van der Waals surface area contributed by atoms with Crippen LogP contribution in [0.15, 0.2) is 26.6 Å². The van der Waals surface area contributed by atoms with Crippen molar-refractivity contribution in [3.05, 3.63) is 38.4 Å². The Morgan fingerprint density at radius 2 is 2.33 bits per heavy atom. The molecule has 0 aliphatic heterocycles. The van der Waals surface area contributed by atoms with Crippen LogP contribution in [0.1, 0.15) is 5.56 Å². The molecule has 1 aromatic carbocycles. The summed E-state index contributed by atoms with van der Waals surface area (Å²) in [5.74, 6) is -0.568. The van der Waals surface area contributed by atoms with Gasteiger partial charge in [0.1, 0.15) is 0 Å². The van der Waals surface area contributed by atoms with Crippen molar-refractivity contribution in [2.45, 2.75) is 11.4 Å². The molecule has 0 radical (unpaired) electrons. The molecular formula is C8H7BrFN3OS. The fraction of sp³-hybridized carbons (Fsp3) is 0.250. The zero-order valence-corrected chi connectivity index (χ0v) is 10.2. The quantitative estimate of drug-likeness (QED) is 0.479. The molecule has 15 heavy (non-hydrogen) atoms. The molecule has 0 aliphatic carbocycles. The Kier molecular flexibility index (Phi) is 4.26. The van der Waals surface area contributed by atoms with Crippen LogP contribution < -0.4 is 0 Å². The van der Waals surface area contributed by atoms with Crippen molar-refractivity contribution in [1.82, 2.24) is 0 Å². The maximum Gasteiger partial charge on any atom is 0.153 e. The minimum atomic E-state index is -1.45. The van der Waals surface area contributed by atoms with Crippen molar-refractivity contribution in [3.63, 3.8) is 0 Å². The molecular weight excluding hydrogens is 285 g/mol. The van der Waals surface area contributed by atoms with E-state index >= 15 is 0 Å². The monoisotopic (exact) mass is 291 g/mol. The van der Waals surface area contributed by atoms with E-state index in [1.165, 1.54) is 12.3 Å². The van der Waals surface area contributed by atoms with E-state index in [-0.39, 0.29) is 15.9 Å². The van der Waals surface area contributed by atoms with Gasteiger partial charge in [0.15, 0.2) is 5.82 Å². The van der Waals surface area contributed by atoms with Crippen LogP contribution in [-0.4, -0.2) is 10.5 Å². The highest BCUT2D eigenvalue weighted by Gasteiger charge is 2.14. The Labute approximate surface area is 96.7 Å². The van der Waals surface area contributed by atoms with Gasteiger partial charge in [-0.3, -0.25) is 4.21 Å². The third-order valence-corrected chi connectivity index (χ3v) is 3.35. The van der Waals surface area contributed by atoms with Crippen molar-refractivity contribution >= 4 is 26.7 Å². The number of azide groups is 1. The van der Waals surface area contributed by atoms with Crippen LogP contribution >= 0.6 is 15.9 Å². The number of benzene rings is 1. The highest BCUT2D eigenvalue weighted by molar-refractivity contribution is 9.10. The van der Waals surface area contributed by atoms with E-state index < -0.39 is 16.6 Å². The Morgan fingerprint density at radius 3 is 2.87 bits per heavy atom. The molecule has 0 fully saturated rings. The van der Waals surface area contributed by atoms with E-state index in [0.29, 0.717) is 5.56 Å². The summed E-state index contributed by atoms with van der Waals surface area (Å²) in [4.78, 5) is 2.66. The van der Waals surface area contributed by atoms with E-state index in [0.717, 1.165) is 0 Å². The predicted molar refractivity (Wildman–Crippen MR) is 59.3 cm³/mol. The van der Waals surface area contributed by atoms with Crippen molar-refractivity contribution in [2.24, 2.45) is 5.11 Å². The van der Waals surface area contributed by atoms with E-state index in [4.69, 9.17) is 5.53 Å². The van der Waals surface area contributed by atoms with Crippen LogP contribution in [-0.2, 0) is 17.3 Å². The Morgan fingerprint density at radius 1 is 1.67 bits per heavy atom. The molecule has 0 saturated carbocycles. The first kappa shape index (κ1) is 12.2. The average molecular weight is 292 g/mol. The SMILES string of the molecule is CS(=O)c1c(CN=[N+]=[N-])ccc(Br)c1F. The first-order valence-corrected chi connectivity index (χ1v) is 6.24. The van der Waals surface area contributed by atoms with Crippen LogP contribution in [0.3, 0.4) is 0 Å². The molecule has 1 rings (SSSR count). The second-order valence-electron chi connectivity index (χ2n) is 2.69. The van der Waals surface area contributed by atoms with Gasteiger partial charge in [-0.2, -0.15) is 0 Å². The van der Waals surface area contributed by atoms with Gasteiger partial charge in [-0.25, -0.2) is 4.39 Å². The van der Waals surface area contributed by atoms with Gasteiger partial charge in [-0.05, 0) is 33.1 Å². The van der Waals surface area contributed by atoms with Crippen molar-refractivity contribution in [1.29, 1.82) is 0 Å². The Hall–Kier alpha value is -0.910. The lowest BCUT2D eigenvalue weighted by molar-refractivity contribution is 0.584. The lowest BCUT2D eigenvalue weighted by Crippen LogP contribution is -2.00. The van der Waals surface area contributed by atoms with Crippen LogP contribution in [0.4, 0.5) is 4.39 Å². The van der Waals surface area contributed by atoms with Gasteiger partial charge < -0.3 is 0 Å². The minimum absolute atomic E-state index is 0.00435. The van der Waals surface area contributed by atoms with Crippen LogP contribution in [0.5, 0.6) is 0 Å². The molecule has 0 aromatic heterocycles. The zero-order chi connectivity index (χ0) is 11.4. The third-order valence-electron chi connectivity index (χ3n) is 1.72. The molecule has 0 N–H and O–H groups in total. The molecule has 1 aromatic rings. The summed E-state index contributed by atoms with van der Waals surface area (Å²) in [6, 6.07) is 3.08. The topological polar surface area (TPSA) is 65.8 Å². The Balaban J connectivity index is 3.32. The van der Waals surface area contributed by atoms with Crippen LogP contribution in [0, 0.1) is 5.82 Å². The molecule has 0 saturated heterocycles. The van der Waals surface area contributed by atoms with Gasteiger partial charge in [0.25, 0.3) is 0 Å². The maximum absolute atomic E-state index is 13.6. The molecule has 0 amide bonds. The van der Waals surface area contributed by atoms with Gasteiger partial charge in [-0.15, -0.1) is 0 Å².